The van der Waals surface area contributed by atoms with E-state index in [1.165, 1.54) is 6.07 Å². The van der Waals surface area contributed by atoms with E-state index >= 15 is 0 Å². The molecule has 1 N–H and O–H groups in total. The molecule has 2 rings (SSSR count). The zero-order valence-electron chi connectivity index (χ0n) is 11.1. The fourth-order valence-electron chi connectivity index (χ4n) is 1.68. The van der Waals surface area contributed by atoms with E-state index in [2.05, 4.69) is 15.5 Å². The van der Waals surface area contributed by atoms with Crippen molar-refractivity contribution < 1.29 is 14.1 Å². The molecule has 0 aliphatic carbocycles. The average Bonchev–Trinajstić information content (AvgIpc) is 2.83. The molecule has 2 aromatic rings. The van der Waals surface area contributed by atoms with Crippen LogP contribution in [-0.4, -0.2) is 22.2 Å². The summed E-state index contributed by atoms with van der Waals surface area (Å²) in [7, 11) is 1.77. The highest BCUT2D eigenvalue weighted by molar-refractivity contribution is 5.48. The van der Waals surface area contributed by atoms with E-state index in [1.807, 2.05) is 0 Å². The van der Waals surface area contributed by atoms with Gasteiger partial charge < -0.3 is 14.5 Å². The minimum absolute atomic E-state index is 0.00689. The van der Waals surface area contributed by atoms with Gasteiger partial charge in [0, 0.05) is 19.5 Å². The van der Waals surface area contributed by atoms with Crippen molar-refractivity contribution in [3.8, 4) is 5.75 Å². The molecule has 0 bridgehead atoms. The number of ether oxygens (including phenoxy) is 1. The van der Waals surface area contributed by atoms with Gasteiger partial charge in [0.05, 0.1) is 4.92 Å². The Morgan fingerprint density at radius 2 is 2.25 bits per heavy atom. The summed E-state index contributed by atoms with van der Waals surface area (Å²) in [5.74, 6) is 0.865. The first kappa shape index (κ1) is 13.9. The van der Waals surface area contributed by atoms with Crippen LogP contribution in [0.4, 0.5) is 5.69 Å². The lowest BCUT2D eigenvalue weighted by Gasteiger charge is -2.06. The van der Waals surface area contributed by atoms with Crippen LogP contribution >= 0.6 is 0 Å². The van der Waals surface area contributed by atoms with Gasteiger partial charge in [0.2, 0.25) is 5.89 Å². The second kappa shape index (κ2) is 6.11. The minimum atomic E-state index is -0.479. The second-order valence-electron chi connectivity index (χ2n) is 4.09. The van der Waals surface area contributed by atoms with E-state index in [0.29, 0.717) is 12.4 Å². The van der Waals surface area contributed by atoms with Crippen LogP contribution in [0.2, 0.25) is 0 Å². The van der Waals surface area contributed by atoms with Gasteiger partial charge in [-0.15, -0.1) is 10.2 Å². The number of hydrogen-bond acceptors (Lipinski definition) is 7. The van der Waals surface area contributed by atoms with Gasteiger partial charge in [-0.05, 0) is 18.7 Å². The van der Waals surface area contributed by atoms with Crippen LogP contribution in [0.25, 0.3) is 0 Å². The first-order valence-electron chi connectivity index (χ1n) is 5.94. The second-order valence-corrected chi connectivity index (χ2v) is 4.09. The van der Waals surface area contributed by atoms with Crippen molar-refractivity contribution in [1.29, 1.82) is 0 Å². The molecule has 20 heavy (non-hydrogen) atoms. The number of aryl methyl sites for hydroxylation is 1. The molecule has 8 heteroatoms. The molecular weight excluding hydrogens is 264 g/mol. The maximum absolute atomic E-state index is 11.0. The third-order valence-corrected chi connectivity index (χ3v) is 2.52. The number of nitrogens with one attached hydrogen (secondary N) is 1. The molecule has 106 valence electrons. The number of rotatable bonds is 6. The lowest BCUT2D eigenvalue weighted by molar-refractivity contribution is -0.386. The Bertz CT molecular complexity index is 611. The average molecular weight is 278 g/mol. The fraction of sp³-hybridized carbons (Fsp3) is 0.333. The topological polar surface area (TPSA) is 103 Å². The summed E-state index contributed by atoms with van der Waals surface area (Å²) in [6.07, 6.45) is 0. The largest absolute Gasteiger partial charge is 0.477 e. The molecule has 0 aliphatic heterocycles. The molecular formula is C12H14N4O4. The summed E-state index contributed by atoms with van der Waals surface area (Å²) in [4.78, 5) is 10.6. The molecule has 0 amide bonds. The van der Waals surface area contributed by atoms with Crippen LogP contribution in [0.15, 0.2) is 22.6 Å². The molecule has 0 saturated carbocycles. The Labute approximate surface area is 114 Å². The van der Waals surface area contributed by atoms with Crippen molar-refractivity contribution in [2.45, 2.75) is 20.1 Å². The highest BCUT2D eigenvalue weighted by Gasteiger charge is 2.17. The first-order chi connectivity index (χ1) is 9.60. The van der Waals surface area contributed by atoms with Crippen molar-refractivity contribution in [1.82, 2.24) is 15.5 Å². The van der Waals surface area contributed by atoms with Crippen LogP contribution in [0, 0.1) is 17.0 Å². The third-order valence-electron chi connectivity index (χ3n) is 2.52. The summed E-state index contributed by atoms with van der Waals surface area (Å²) in [6.45, 7) is 2.20. The molecule has 0 spiro atoms. The summed E-state index contributed by atoms with van der Waals surface area (Å²) in [6, 6.07) is 4.80. The van der Waals surface area contributed by atoms with Crippen LogP contribution in [-0.2, 0) is 13.2 Å². The maximum Gasteiger partial charge on any atom is 0.311 e. The van der Waals surface area contributed by atoms with Crippen LogP contribution in [0.5, 0.6) is 5.75 Å². The lowest BCUT2D eigenvalue weighted by Crippen LogP contribution is -2.06. The van der Waals surface area contributed by atoms with Gasteiger partial charge in [-0.2, -0.15) is 0 Å². The Hall–Kier alpha value is -2.48. The molecule has 0 aliphatic rings. The number of nitro groups is 1. The van der Waals surface area contributed by atoms with E-state index in [0.717, 1.165) is 5.56 Å². The zero-order valence-corrected chi connectivity index (χ0v) is 11.1. The Morgan fingerprint density at radius 3 is 2.85 bits per heavy atom. The number of nitrogens with zero attached hydrogens (tertiary/aromatic N) is 3. The first-order valence-corrected chi connectivity index (χ1v) is 5.94. The smallest absolute Gasteiger partial charge is 0.311 e. The predicted molar refractivity (Wildman–Crippen MR) is 69.2 cm³/mol. The lowest BCUT2D eigenvalue weighted by atomic mass is 10.2. The number of aromatic nitrogens is 2. The molecule has 1 aromatic carbocycles. The highest BCUT2D eigenvalue weighted by Crippen LogP contribution is 2.28. The molecule has 0 fully saturated rings. The number of hydrogen-bond donors (Lipinski definition) is 1. The summed E-state index contributed by atoms with van der Waals surface area (Å²) < 4.78 is 10.5. The van der Waals surface area contributed by atoms with E-state index in [-0.39, 0.29) is 23.9 Å². The van der Waals surface area contributed by atoms with Gasteiger partial charge in [-0.3, -0.25) is 10.1 Å². The minimum Gasteiger partial charge on any atom is -0.477 e. The van der Waals surface area contributed by atoms with Gasteiger partial charge in [-0.1, -0.05) is 6.07 Å². The Morgan fingerprint density at radius 1 is 1.45 bits per heavy atom. The van der Waals surface area contributed by atoms with Gasteiger partial charge in [0.25, 0.3) is 5.89 Å². The highest BCUT2D eigenvalue weighted by atomic mass is 16.6. The van der Waals surface area contributed by atoms with Crippen molar-refractivity contribution in [3.05, 3.63) is 45.7 Å². The predicted octanol–water partition coefficient (Wildman–Crippen LogP) is 1.58. The molecule has 1 aromatic heterocycles. The van der Waals surface area contributed by atoms with Crippen molar-refractivity contribution in [2.75, 3.05) is 7.05 Å². The van der Waals surface area contributed by atoms with Gasteiger partial charge in [0.15, 0.2) is 12.4 Å². The number of benzene rings is 1. The molecule has 0 saturated heterocycles. The maximum atomic E-state index is 11.0. The van der Waals surface area contributed by atoms with Crippen molar-refractivity contribution in [2.24, 2.45) is 0 Å². The van der Waals surface area contributed by atoms with E-state index in [9.17, 15) is 10.1 Å². The standard InChI is InChI=1S/C12H14N4O4/c1-8-14-15-12(20-8)7-19-11-4-3-9(6-13-2)5-10(11)16(17)18/h3-5,13H,6-7H2,1-2H3. The van der Waals surface area contributed by atoms with Crippen LogP contribution in [0.1, 0.15) is 17.3 Å². The molecule has 8 nitrogen and oxygen atoms in total. The molecule has 0 unspecified atom stereocenters. The summed E-state index contributed by atoms with van der Waals surface area (Å²) in [5, 5.41) is 21.4. The van der Waals surface area contributed by atoms with Crippen molar-refractivity contribution >= 4 is 5.69 Å². The SMILES string of the molecule is CNCc1ccc(OCc2nnc(C)o2)c([N+](=O)[O-])c1. The van der Waals surface area contributed by atoms with E-state index < -0.39 is 4.92 Å². The quantitative estimate of drug-likeness (QED) is 0.632. The number of nitro benzene ring substituents is 1. The summed E-state index contributed by atoms with van der Waals surface area (Å²) >= 11 is 0. The Balaban J connectivity index is 2.15. The molecule has 0 radical (unpaired) electrons. The van der Waals surface area contributed by atoms with Gasteiger partial charge in [0.1, 0.15) is 0 Å². The van der Waals surface area contributed by atoms with Gasteiger partial charge >= 0.3 is 5.69 Å². The molecule has 1 heterocycles. The Kier molecular flexibility index (Phi) is 4.26. The van der Waals surface area contributed by atoms with Crippen LogP contribution in [0.3, 0.4) is 0 Å². The summed E-state index contributed by atoms with van der Waals surface area (Å²) in [5.41, 5.74) is 0.717. The monoisotopic (exact) mass is 278 g/mol. The normalized spacial score (nSPS) is 10.5. The third kappa shape index (κ3) is 3.29. The fourth-order valence-corrected chi connectivity index (χ4v) is 1.68. The molecule has 0 atom stereocenters. The van der Waals surface area contributed by atoms with Crippen LogP contribution < -0.4 is 10.1 Å². The van der Waals surface area contributed by atoms with E-state index in [1.54, 1.807) is 26.1 Å². The van der Waals surface area contributed by atoms with Crippen molar-refractivity contribution in [3.63, 3.8) is 0 Å². The van der Waals surface area contributed by atoms with E-state index in [4.69, 9.17) is 9.15 Å². The van der Waals surface area contributed by atoms with Gasteiger partial charge in [-0.25, -0.2) is 0 Å². The zero-order chi connectivity index (χ0) is 14.5.